The molecule has 3 heteroatoms. The second-order valence-electron chi connectivity index (χ2n) is 3.51. The van der Waals surface area contributed by atoms with E-state index in [0.29, 0.717) is 11.4 Å². The fourth-order valence-corrected chi connectivity index (χ4v) is 1.96. The number of piperidine rings is 1. The lowest BCUT2D eigenvalue weighted by Gasteiger charge is -2.22. The fourth-order valence-electron chi connectivity index (χ4n) is 1.76. The SMILES string of the molecule is O=C1CCCNC1c1cccc(Cl)c1. The third-order valence-corrected chi connectivity index (χ3v) is 2.69. The molecule has 14 heavy (non-hydrogen) atoms. The van der Waals surface area contributed by atoms with Crippen molar-refractivity contribution in [2.45, 2.75) is 18.9 Å². The molecule has 1 aliphatic rings. The molecule has 0 aromatic heterocycles. The summed E-state index contributed by atoms with van der Waals surface area (Å²) in [6.45, 7) is 0.906. The molecule has 0 bridgehead atoms. The zero-order valence-corrected chi connectivity index (χ0v) is 8.55. The van der Waals surface area contributed by atoms with Crippen LogP contribution >= 0.6 is 11.6 Å². The summed E-state index contributed by atoms with van der Waals surface area (Å²) in [4.78, 5) is 11.6. The van der Waals surface area contributed by atoms with Gasteiger partial charge in [0.1, 0.15) is 0 Å². The van der Waals surface area contributed by atoms with Gasteiger partial charge in [-0.05, 0) is 30.7 Å². The van der Waals surface area contributed by atoms with Crippen LogP contribution in [-0.4, -0.2) is 12.3 Å². The summed E-state index contributed by atoms with van der Waals surface area (Å²) in [5, 5.41) is 3.89. The molecule has 0 saturated carbocycles. The summed E-state index contributed by atoms with van der Waals surface area (Å²) >= 11 is 5.87. The summed E-state index contributed by atoms with van der Waals surface area (Å²) in [7, 11) is 0. The van der Waals surface area contributed by atoms with Crippen LogP contribution in [0.4, 0.5) is 0 Å². The molecule has 1 saturated heterocycles. The molecule has 1 atom stereocenters. The van der Waals surface area contributed by atoms with Crippen LogP contribution in [0.3, 0.4) is 0 Å². The molecular weight excluding hydrogens is 198 g/mol. The van der Waals surface area contributed by atoms with Crippen molar-refractivity contribution in [2.75, 3.05) is 6.54 Å². The van der Waals surface area contributed by atoms with Crippen molar-refractivity contribution < 1.29 is 4.79 Å². The van der Waals surface area contributed by atoms with Gasteiger partial charge in [0.05, 0.1) is 6.04 Å². The molecule has 1 aromatic rings. The quantitative estimate of drug-likeness (QED) is 0.769. The van der Waals surface area contributed by atoms with Crippen molar-refractivity contribution in [3.05, 3.63) is 34.9 Å². The van der Waals surface area contributed by atoms with E-state index in [2.05, 4.69) is 5.32 Å². The smallest absolute Gasteiger partial charge is 0.154 e. The topological polar surface area (TPSA) is 29.1 Å². The standard InChI is InChI=1S/C11H12ClNO/c12-9-4-1-3-8(7-9)11-10(14)5-2-6-13-11/h1,3-4,7,11,13H,2,5-6H2. The number of halogens is 1. The molecule has 74 valence electrons. The molecule has 1 heterocycles. The van der Waals surface area contributed by atoms with Gasteiger partial charge >= 0.3 is 0 Å². The van der Waals surface area contributed by atoms with Gasteiger partial charge in [0.2, 0.25) is 0 Å². The van der Waals surface area contributed by atoms with Gasteiger partial charge in [-0.3, -0.25) is 4.79 Å². The molecular formula is C11H12ClNO. The highest BCUT2D eigenvalue weighted by molar-refractivity contribution is 6.30. The molecule has 1 fully saturated rings. The Morgan fingerprint density at radius 3 is 3.00 bits per heavy atom. The Labute approximate surface area is 88.3 Å². The lowest BCUT2D eigenvalue weighted by molar-refractivity contribution is -0.122. The van der Waals surface area contributed by atoms with E-state index in [-0.39, 0.29) is 11.8 Å². The van der Waals surface area contributed by atoms with Gasteiger partial charge in [-0.25, -0.2) is 0 Å². The van der Waals surface area contributed by atoms with E-state index in [1.807, 2.05) is 24.3 Å². The third-order valence-electron chi connectivity index (χ3n) is 2.45. The molecule has 1 unspecified atom stereocenters. The molecule has 2 nitrogen and oxygen atoms in total. The molecule has 0 amide bonds. The predicted molar refractivity (Wildman–Crippen MR) is 56.4 cm³/mol. The average molecular weight is 210 g/mol. The maximum atomic E-state index is 11.6. The normalized spacial score (nSPS) is 22.4. The Kier molecular flexibility index (Phi) is 2.85. The lowest BCUT2D eigenvalue weighted by atomic mass is 9.96. The van der Waals surface area contributed by atoms with Gasteiger partial charge in [-0.1, -0.05) is 23.7 Å². The molecule has 2 rings (SSSR count). The van der Waals surface area contributed by atoms with E-state index in [4.69, 9.17) is 11.6 Å². The largest absolute Gasteiger partial charge is 0.304 e. The molecule has 1 N–H and O–H groups in total. The van der Waals surface area contributed by atoms with Gasteiger partial charge in [0.15, 0.2) is 5.78 Å². The maximum Gasteiger partial charge on any atom is 0.154 e. The van der Waals surface area contributed by atoms with Crippen molar-refractivity contribution >= 4 is 17.4 Å². The van der Waals surface area contributed by atoms with Crippen molar-refractivity contribution in [3.63, 3.8) is 0 Å². The van der Waals surface area contributed by atoms with Crippen LogP contribution in [0.5, 0.6) is 0 Å². The first kappa shape index (κ1) is 9.69. The number of carbonyl (C=O) groups excluding carboxylic acids is 1. The van der Waals surface area contributed by atoms with Crippen LogP contribution in [0.1, 0.15) is 24.4 Å². The number of Topliss-reactive ketones (excluding diaryl/α,β-unsaturated/α-hetero) is 1. The predicted octanol–water partition coefficient (Wildman–Crippen LogP) is 2.33. The van der Waals surface area contributed by atoms with Gasteiger partial charge in [0.25, 0.3) is 0 Å². The number of ketones is 1. The summed E-state index contributed by atoms with van der Waals surface area (Å²) in [5.74, 6) is 0.263. The number of hydrogen-bond donors (Lipinski definition) is 1. The van der Waals surface area contributed by atoms with Crippen molar-refractivity contribution in [1.29, 1.82) is 0 Å². The first-order valence-corrected chi connectivity index (χ1v) is 5.17. The Hall–Kier alpha value is -0.860. The Balaban J connectivity index is 2.24. The highest BCUT2D eigenvalue weighted by atomic mass is 35.5. The summed E-state index contributed by atoms with van der Waals surface area (Å²) in [6.07, 6.45) is 1.61. The Bertz CT molecular complexity index is 351. The lowest BCUT2D eigenvalue weighted by Crippen LogP contribution is -2.34. The minimum atomic E-state index is -0.151. The van der Waals surface area contributed by atoms with E-state index in [1.54, 1.807) is 0 Å². The molecule has 0 aliphatic carbocycles. The van der Waals surface area contributed by atoms with Crippen molar-refractivity contribution in [2.24, 2.45) is 0 Å². The third kappa shape index (κ3) is 1.97. The van der Waals surface area contributed by atoms with Crippen LogP contribution in [-0.2, 0) is 4.79 Å². The molecule has 0 radical (unpaired) electrons. The number of benzene rings is 1. The van der Waals surface area contributed by atoms with Gasteiger partial charge in [0, 0.05) is 11.4 Å². The van der Waals surface area contributed by atoms with E-state index >= 15 is 0 Å². The zero-order valence-electron chi connectivity index (χ0n) is 7.79. The minimum Gasteiger partial charge on any atom is -0.304 e. The molecule has 1 aromatic carbocycles. The summed E-state index contributed by atoms with van der Waals surface area (Å²) in [5.41, 5.74) is 0.974. The first-order valence-electron chi connectivity index (χ1n) is 4.79. The van der Waals surface area contributed by atoms with Crippen LogP contribution in [0.15, 0.2) is 24.3 Å². The second kappa shape index (κ2) is 4.11. The first-order chi connectivity index (χ1) is 6.77. The number of nitrogens with one attached hydrogen (secondary N) is 1. The minimum absolute atomic E-state index is 0.151. The van der Waals surface area contributed by atoms with Crippen LogP contribution < -0.4 is 5.32 Å². The van der Waals surface area contributed by atoms with E-state index < -0.39 is 0 Å². The Morgan fingerprint density at radius 1 is 1.43 bits per heavy atom. The highest BCUT2D eigenvalue weighted by Gasteiger charge is 2.22. The zero-order chi connectivity index (χ0) is 9.97. The second-order valence-corrected chi connectivity index (χ2v) is 3.95. The van der Waals surface area contributed by atoms with Gasteiger partial charge in [-0.2, -0.15) is 0 Å². The number of hydrogen-bond acceptors (Lipinski definition) is 2. The number of carbonyl (C=O) groups is 1. The van der Waals surface area contributed by atoms with E-state index in [1.165, 1.54) is 0 Å². The molecule has 0 spiro atoms. The molecule has 1 aliphatic heterocycles. The Morgan fingerprint density at radius 2 is 2.29 bits per heavy atom. The van der Waals surface area contributed by atoms with Gasteiger partial charge < -0.3 is 5.32 Å². The van der Waals surface area contributed by atoms with Crippen molar-refractivity contribution in [3.8, 4) is 0 Å². The van der Waals surface area contributed by atoms with E-state index in [9.17, 15) is 4.79 Å². The van der Waals surface area contributed by atoms with E-state index in [0.717, 1.165) is 18.5 Å². The fraction of sp³-hybridized carbons (Fsp3) is 0.364. The number of rotatable bonds is 1. The summed E-state index contributed by atoms with van der Waals surface area (Å²) < 4.78 is 0. The van der Waals surface area contributed by atoms with Crippen LogP contribution in [0.25, 0.3) is 0 Å². The maximum absolute atomic E-state index is 11.6. The highest BCUT2D eigenvalue weighted by Crippen LogP contribution is 2.22. The monoisotopic (exact) mass is 209 g/mol. The summed E-state index contributed by atoms with van der Waals surface area (Å²) in [6, 6.07) is 7.33. The van der Waals surface area contributed by atoms with Crippen molar-refractivity contribution in [1.82, 2.24) is 5.32 Å². The van der Waals surface area contributed by atoms with Crippen LogP contribution in [0, 0.1) is 0 Å². The average Bonchev–Trinajstić information content (AvgIpc) is 2.18. The van der Waals surface area contributed by atoms with Crippen LogP contribution in [0.2, 0.25) is 5.02 Å². The van der Waals surface area contributed by atoms with Gasteiger partial charge in [-0.15, -0.1) is 0 Å².